The standard InChI is InChI=1S/C21H19NOS/c1-21(17-12-6-3-7-13-17,20(23)16-10-4-2-5-11-16)24-19-15-9-8-14-18(19)22/h2-15H,22H2,1H3. The van der Waals surface area contributed by atoms with Gasteiger partial charge in [0.15, 0.2) is 5.78 Å². The maximum atomic E-state index is 13.3. The van der Waals surface area contributed by atoms with E-state index in [1.54, 1.807) is 0 Å². The van der Waals surface area contributed by atoms with E-state index in [2.05, 4.69) is 0 Å². The second kappa shape index (κ2) is 6.93. The molecule has 0 spiro atoms. The van der Waals surface area contributed by atoms with E-state index >= 15 is 0 Å². The summed E-state index contributed by atoms with van der Waals surface area (Å²) in [5.41, 5.74) is 8.46. The SMILES string of the molecule is CC(Sc1ccccc1N)(C(=O)c1ccccc1)c1ccccc1. The average Bonchev–Trinajstić information content (AvgIpc) is 2.64. The van der Waals surface area contributed by atoms with Gasteiger partial charge in [0.1, 0.15) is 4.75 Å². The van der Waals surface area contributed by atoms with E-state index in [1.807, 2.05) is 91.9 Å². The number of Topliss-reactive ketones (excluding diaryl/α,β-unsaturated/α-hetero) is 1. The van der Waals surface area contributed by atoms with E-state index in [0.717, 1.165) is 10.5 Å². The quantitative estimate of drug-likeness (QED) is 0.398. The van der Waals surface area contributed by atoms with Crippen molar-refractivity contribution in [3.63, 3.8) is 0 Å². The number of thioether (sulfide) groups is 1. The molecule has 3 rings (SSSR count). The van der Waals surface area contributed by atoms with Crippen molar-refractivity contribution in [3.05, 3.63) is 96.1 Å². The summed E-state index contributed by atoms with van der Waals surface area (Å²) in [4.78, 5) is 14.2. The number of nitrogen functional groups attached to an aromatic ring is 1. The number of carbonyl (C=O) groups is 1. The highest BCUT2D eigenvalue weighted by Crippen LogP contribution is 2.45. The van der Waals surface area contributed by atoms with Crippen molar-refractivity contribution >= 4 is 23.2 Å². The lowest BCUT2D eigenvalue weighted by Gasteiger charge is -2.29. The minimum atomic E-state index is -0.752. The zero-order valence-corrected chi connectivity index (χ0v) is 14.3. The Hall–Kier alpha value is -2.52. The van der Waals surface area contributed by atoms with Gasteiger partial charge in [-0.05, 0) is 24.6 Å². The zero-order valence-electron chi connectivity index (χ0n) is 13.5. The fourth-order valence-electron chi connectivity index (χ4n) is 2.65. The van der Waals surface area contributed by atoms with Crippen molar-refractivity contribution in [3.8, 4) is 0 Å². The summed E-state index contributed by atoms with van der Waals surface area (Å²) < 4.78 is -0.752. The van der Waals surface area contributed by atoms with Crippen LogP contribution >= 0.6 is 11.8 Å². The van der Waals surface area contributed by atoms with Crippen LogP contribution in [0.15, 0.2) is 89.8 Å². The fourth-order valence-corrected chi connectivity index (χ4v) is 3.89. The average molecular weight is 333 g/mol. The van der Waals surface area contributed by atoms with Crippen molar-refractivity contribution in [1.29, 1.82) is 0 Å². The number of rotatable bonds is 5. The van der Waals surface area contributed by atoms with Crippen LogP contribution in [-0.2, 0) is 4.75 Å². The van der Waals surface area contributed by atoms with Crippen LogP contribution in [0.1, 0.15) is 22.8 Å². The van der Waals surface area contributed by atoms with Crippen molar-refractivity contribution in [2.45, 2.75) is 16.6 Å². The predicted octanol–water partition coefficient (Wildman–Crippen LogP) is 5.16. The molecule has 120 valence electrons. The van der Waals surface area contributed by atoms with Crippen LogP contribution in [0.5, 0.6) is 0 Å². The van der Waals surface area contributed by atoms with E-state index in [1.165, 1.54) is 11.8 Å². The van der Waals surface area contributed by atoms with Gasteiger partial charge in [-0.25, -0.2) is 0 Å². The molecule has 0 heterocycles. The summed E-state index contributed by atoms with van der Waals surface area (Å²) in [6, 6.07) is 26.9. The Morgan fingerprint density at radius 3 is 2.00 bits per heavy atom. The van der Waals surface area contributed by atoms with Crippen LogP contribution in [0, 0.1) is 0 Å². The first-order chi connectivity index (χ1) is 11.6. The number of para-hydroxylation sites is 1. The molecule has 0 radical (unpaired) electrons. The van der Waals surface area contributed by atoms with Crippen molar-refractivity contribution in [2.24, 2.45) is 0 Å². The van der Waals surface area contributed by atoms with Gasteiger partial charge in [-0.2, -0.15) is 0 Å². The molecule has 0 bridgehead atoms. The topological polar surface area (TPSA) is 43.1 Å². The molecule has 0 saturated heterocycles. The molecule has 2 nitrogen and oxygen atoms in total. The highest BCUT2D eigenvalue weighted by atomic mass is 32.2. The third-order valence-corrected chi connectivity index (χ3v) is 5.45. The molecule has 0 aromatic heterocycles. The van der Waals surface area contributed by atoms with E-state index in [9.17, 15) is 4.79 Å². The largest absolute Gasteiger partial charge is 0.398 e. The number of nitrogens with two attached hydrogens (primary N) is 1. The molecule has 0 aliphatic rings. The maximum absolute atomic E-state index is 13.3. The molecule has 1 atom stereocenters. The second-order valence-electron chi connectivity index (χ2n) is 5.73. The molecule has 3 heteroatoms. The monoisotopic (exact) mass is 333 g/mol. The Balaban J connectivity index is 2.08. The molecule has 24 heavy (non-hydrogen) atoms. The number of anilines is 1. The predicted molar refractivity (Wildman–Crippen MR) is 101 cm³/mol. The van der Waals surface area contributed by atoms with Crippen molar-refractivity contribution < 1.29 is 4.79 Å². The van der Waals surface area contributed by atoms with Crippen LogP contribution in [0.2, 0.25) is 0 Å². The molecule has 2 N–H and O–H groups in total. The first-order valence-electron chi connectivity index (χ1n) is 7.80. The molecule has 1 unspecified atom stereocenters. The van der Waals surface area contributed by atoms with Gasteiger partial charge in [-0.3, -0.25) is 4.79 Å². The summed E-state index contributed by atoms with van der Waals surface area (Å²) in [7, 11) is 0. The van der Waals surface area contributed by atoms with E-state index in [0.29, 0.717) is 11.3 Å². The van der Waals surface area contributed by atoms with Crippen molar-refractivity contribution in [2.75, 3.05) is 5.73 Å². The first kappa shape index (κ1) is 16.3. The molecule has 3 aromatic carbocycles. The Bertz CT molecular complexity index is 833. The molecule has 0 aliphatic heterocycles. The molecule has 0 fully saturated rings. The molecule has 0 saturated carbocycles. The van der Waals surface area contributed by atoms with Gasteiger partial charge in [-0.15, -0.1) is 11.8 Å². The number of hydrogen-bond donors (Lipinski definition) is 1. The number of hydrogen-bond acceptors (Lipinski definition) is 3. The number of carbonyl (C=O) groups excluding carboxylic acids is 1. The lowest BCUT2D eigenvalue weighted by Crippen LogP contribution is -2.29. The summed E-state index contributed by atoms with van der Waals surface area (Å²) in [5.74, 6) is 0.0718. The zero-order chi connectivity index (χ0) is 17.0. The Labute approximate surface area is 146 Å². The van der Waals surface area contributed by atoms with Gasteiger partial charge in [-0.1, -0.05) is 72.8 Å². The van der Waals surface area contributed by atoms with Crippen LogP contribution in [-0.4, -0.2) is 5.78 Å². The molecule has 0 aliphatic carbocycles. The summed E-state index contributed by atoms with van der Waals surface area (Å²) in [6.45, 7) is 1.97. The Kier molecular flexibility index (Phi) is 4.72. The van der Waals surface area contributed by atoms with Crippen molar-refractivity contribution in [1.82, 2.24) is 0 Å². The maximum Gasteiger partial charge on any atom is 0.183 e. The summed E-state index contributed by atoms with van der Waals surface area (Å²) in [6.07, 6.45) is 0. The minimum Gasteiger partial charge on any atom is -0.398 e. The van der Waals surface area contributed by atoms with Gasteiger partial charge < -0.3 is 5.73 Å². The Morgan fingerprint density at radius 2 is 1.38 bits per heavy atom. The third kappa shape index (κ3) is 3.22. The highest BCUT2D eigenvalue weighted by Gasteiger charge is 2.37. The van der Waals surface area contributed by atoms with E-state index in [-0.39, 0.29) is 5.78 Å². The lowest BCUT2D eigenvalue weighted by molar-refractivity contribution is 0.0950. The van der Waals surface area contributed by atoms with Gasteiger partial charge in [0, 0.05) is 16.1 Å². The van der Waals surface area contributed by atoms with E-state index in [4.69, 9.17) is 5.73 Å². The first-order valence-corrected chi connectivity index (χ1v) is 8.62. The van der Waals surface area contributed by atoms with Crippen LogP contribution in [0.3, 0.4) is 0 Å². The molecular formula is C21H19NOS. The third-order valence-electron chi connectivity index (χ3n) is 4.03. The second-order valence-corrected chi connectivity index (χ2v) is 7.19. The minimum absolute atomic E-state index is 0.0718. The molecule has 3 aromatic rings. The smallest absolute Gasteiger partial charge is 0.183 e. The fraction of sp³-hybridized carbons (Fsp3) is 0.0952. The van der Waals surface area contributed by atoms with Gasteiger partial charge in [0.2, 0.25) is 0 Å². The lowest BCUT2D eigenvalue weighted by atomic mass is 9.91. The van der Waals surface area contributed by atoms with Gasteiger partial charge in [0.05, 0.1) is 0 Å². The van der Waals surface area contributed by atoms with Crippen LogP contribution < -0.4 is 5.73 Å². The van der Waals surface area contributed by atoms with Gasteiger partial charge >= 0.3 is 0 Å². The number of benzene rings is 3. The normalized spacial score (nSPS) is 13.2. The highest BCUT2D eigenvalue weighted by molar-refractivity contribution is 8.01. The number of ketones is 1. The Morgan fingerprint density at radius 1 is 0.833 bits per heavy atom. The van der Waals surface area contributed by atoms with Crippen LogP contribution in [0.4, 0.5) is 5.69 Å². The van der Waals surface area contributed by atoms with Crippen LogP contribution in [0.25, 0.3) is 0 Å². The molecular weight excluding hydrogens is 314 g/mol. The summed E-state index contributed by atoms with van der Waals surface area (Å²) in [5, 5.41) is 0. The van der Waals surface area contributed by atoms with E-state index < -0.39 is 4.75 Å². The summed E-state index contributed by atoms with van der Waals surface area (Å²) >= 11 is 1.50. The van der Waals surface area contributed by atoms with Gasteiger partial charge in [0.25, 0.3) is 0 Å². The molecule has 0 amide bonds.